The van der Waals surface area contributed by atoms with Crippen LogP contribution in [0, 0.1) is 5.41 Å². The number of carbonyl (C=O) groups excluding carboxylic acids is 2. The molecule has 0 aromatic heterocycles. The number of carbonyl (C=O) groups is 3. The van der Waals surface area contributed by atoms with Gasteiger partial charge in [0.2, 0.25) is 5.91 Å². The lowest BCUT2D eigenvalue weighted by atomic mass is 9.97. The topological polar surface area (TPSA) is 83.9 Å². The van der Waals surface area contributed by atoms with E-state index in [1.807, 2.05) is 25.7 Å². The van der Waals surface area contributed by atoms with Crippen molar-refractivity contribution in [1.29, 1.82) is 0 Å². The van der Waals surface area contributed by atoms with E-state index in [9.17, 15) is 14.4 Å². The van der Waals surface area contributed by atoms with E-state index >= 15 is 0 Å². The summed E-state index contributed by atoms with van der Waals surface area (Å²) in [4.78, 5) is 36.5. The highest BCUT2D eigenvalue weighted by Crippen LogP contribution is 2.20. The van der Waals surface area contributed by atoms with E-state index in [0.717, 1.165) is 57.8 Å². The molecule has 1 atom stereocenters. The Bertz CT molecular complexity index is 484. The van der Waals surface area contributed by atoms with E-state index in [-0.39, 0.29) is 24.4 Å². The summed E-state index contributed by atoms with van der Waals surface area (Å²) in [6.07, 6.45) is 9.27. The van der Waals surface area contributed by atoms with Crippen LogP contribution in [0.25, 0.3) is 0 Å². The Kier molecular flexibility index (Phi) is 14.4. The minimum Gasteiger partial charge on any atom is -0.481 e. The summed E-state index contributed by atoms with van der Waals surface area (Å²) >= 11 is 0. The highest BCUT2D eigenvalue weighted by molar-refractivity contribution is 5.75. The number of esters is 1. The van der Waals surface area contributed by atoms with Crippen molar-refractivity contribution in [2.75, 3.05) is 13.1 Å². The summed E-state index contributed by atoms with van der Waals surface area (Å²) in [6, 6.07) is 0. The molecule has 0 heterocycles. The average Bonchev–Trinajstić information content (AvgIpc) is 2.61. The first kappa shape index (κ1) is 27.4. The molecule has 0 aliphatic carbocycles. The molecule has 0 fully saturated rings. The fourth-order valence-corrected chi connectivity index (χ4v) is 3.08. The summed E-state index contributed by atoms with van der Waals surface area (Å²) in [6.45, 7) is 10.7. The maximum atomic E-state index is 12.3. The van der Waals surface area contributed by atoms with Crippen molar-refractivity contribution in [3.8, 4) is 0 Å². The molecule has 170 valence electrons. The minimum absolute atomic E-state index is 0.0600. The molecule has 0 aromatic carbocycles. The Morgan fingerprint density at radius 1 is 0.897 bits per heavy atom. The standard InChI is InChI=1S/C23H43NO5/c1-6-7-10-14-20(29-22(28)23(3,4)5)15-13-18-24(19(2)25)17-12-9-8-11-16-21(26)27/h20H,6-18H2,1-5H3,(H,26,27). The van der Waals surface area contributed by atoms with Gasteiger partial charge < -0.3 is 14.7 Å². The van der Waals surface area contributed by atoms with Crippen LogP contribution in [0.2, 0.25) is 0 Å². The monoisotopic (exact) mass is 413 g/mol. The first-order valence-electron chi connectivity index (χ1n) is 11.3. The largest absolute Gasteiger partial charge is 0.481 e. The van der Waals surface area contributed by atoms with Gasteiger partial charge in [-0.05, 0) is 59.3 Å². The number of amides is 1. The van der Waals surface area contributed by atoms with Crippen LogP contribution < -0.4 is 0 Å². The number of hydrogen-bond donors (Lipinski definition) is 1. The normalized spacial score (nSPS) is 12.4. The van der Waals surface area contributed by atoms with Crippen LogP contribution in [0.15, 0.2) is 0 Å². The summed E-state index contributed by atoms with van der Waals surface area (Å²) < 4.78 is 5.76. The van der Waals surface area contributed by atoms with Crippen molar-refractivity contribution in [1.82, 2.24) is 4.90 Å². The molecule has 0 radical (unpaired) electrons. The second-order valence-corrected chi connectivity index (χ2v) is 8.98. The quantitative estimate of drug-likeness (QED) is 0.278. The fourth-order valence-electron chi connectivity index (χ4n) is 3.08. The van der Waals surface area contributed by atoms with Gasteiger partial charge >= 0.3 is 11.9 Å². The molecule has 6 nitrogen and oxygen atoms in total. The Morgan fingerprint density at radius 3 is 2.03 bits per heavy atom. The van der Waals surface area contributed by atoms with E-state index in [4.69, 9.17) is 9.84 Å². The average molecular weight is 414 g/mol. The number of hydrogen-bond acceptors (Lipinski definition) is 4. The zero-order valence-electron chi connectivity index (χ0n) is 19.3. The Balaban J connectivity index is 4.38. The van der Waals surface area contributed by atoms with Crippen molar-refractivity contribution in [2.24, 2.45) is 5.41 Å². The van der Waals surface area contributed by atoms with E-state index in [1.54, 1.807) is 6.92 Å². The van der Waals surface area contributed by atoms with Gasteiger partial charge in [0.05, 0.1) is 5.41 Å². The van der Waals surface area contributed by atoms with Gasteiger partial charge in [0, 0.05) is 26.4 Å². The highest BCUT2D eigenvalue weighted by atomic mass is 16.5. The first-order chi connectivity index (χ1) is 13.6. The maximum Gasteiger partial charge on any atom is 0.311 e. The Hall–Kier alpha value is -1.59. The van der Waals surface area contributed by atoms with E-state index in [2.05, 4.69) is 6.92 Å². The second kappa shape index (κ2) is 15.3. The molecule has 0 saturated carbocycles. The van der Waals surface area contributed by atoms with Gasteiger partial charge in [-0.1, -0.05) is 32.6 Å². The van der Waals surface area contributed by atoms with Crippen molar-refractivity contribution < 1.29 is 24.2 Å². The molecule has 0 aliphatic heterocycles. The number of carboxylic acids is 1. The molecule has 0 spiro atoms. The smallest absolute Gasteiger partial charge is 0.311 e. The van der Waals surface area contributed by atoms with Crippen molar-refractivity contribution >= 4 is 17.8 Å². The van der Waals surface area contributed by atoms with Gasteiger partial charge in [-0.15, -0.1) is 0 Å². The van der Waals surface area contributed by atoms with Crippen LogP contribution in [0.5, 0.6) is 0 Å². The van der Waals surface area contributed by atoms with Crippen LogP contribution in [0.3, 0.4) is 0 Å². The Labute approximate surface area is 177 Å². The van der Waals surface area contributed by atoms with Crippen LogP contribution in [0.4, 0.5) is 0 Å². The summed E-state index contributed by atoms with van der Waals surface area (Å²) in [5.41, 5.74) is -0.505. The number of carboxylic acid groups (broad SMARTS) is 1. The third-order valence-electron chi connectivity index (χ3n) is 4.98. The maximum absolute atomic E-state index is 12.3. The molecule has 0 bridgehead atoms. The van der Waals surface area contributed by atoms with Crippen LogP contribution in [-0.4, -0.2) is 47.0 Å². The predicted molar refractivity (Wildman–Crippen MR) is 116 cm³/mol. The lowest BCUT2D eigenvalue weighted by Crippen LogP contribution is -2.32. The molecule has 29 heavy (non-hydrogen) atoms. The summed E-state index contributed by atoms with van der Waals surface area (Å²) in [5.74, 6) is -0.857. The third kappa shape index (κ3) is 15.0. The molecule has 0 aliphatic rings. The second-order valence-electron chi connectivity index (χ2n) is 8.98. The molecular formula is C23H43NO5. The zero-order chi connectivity index (χ0) is 22.3. The first-order valence-corrected chi connectivity index (χ1v) is 11.3. The van der Waals surface area contributed by atoms with Crippen molar-refractivity contribution in [3.05, 3.63) is 0 Å². The summed E-state index contributed by atoms with van der Waals surface area (Å²) in [7, 11) is 0. The van der Waals surface area contributed by atoms with Crippen LogP contribution in [0.1, 0.15) is 105 Å². The van der Waals surface area contributed by atoms with Crippen LogP contribution in [-0.2, 0) is 19.1 Å². The fraction of sp³-hybridized carbons (Fsp3) is 0.870. The minimum atomic E-state index is -0.754. The Morgan fingerprint density at radius 2 is 1.48 bits per heavy atom. The summed E-state index contributed by atoms with van der Waals surface area (Å²) in [5, 5.41) is 8.66. The number of aliphatic carboxylic acids is 1. The molecule has 1 amide bonds. The van der Waals surface area contributed by atoms with Gasteiger partial charge in [0.1, 0.15) is 6.10 Å². The van der Waals surface area contributed by atoms with E-state index in [1.165, 1.54) is 0 Å². The van der Waals surface area contributed by atoms with Gasteiger partial charge in [0.25, 0.3) is 0 Å². The molecule has 6 heteroatoms. The van der Waals surface area contributed by atoms with Gasteiger partial charge in [-0.2, -0.15) is 0 Å². The molecule has 0 saturated heterocycles. The highest BCUT2D eigenvalue weighted by Gasteiger charge is 2.26. The van der Waals surface area contributed by atoms with Crippen LogP contribution >= 0.6 is 0 Å². The SMILES string of the molecule is CCCCCC(CCCN(CCCCCCC(=O)O)C(C)=O)OC(=O)C(C)(C)C. The van der Waals surface area contributed by atoms with Crippen molar-refractivity contribution in [2.45, 2.75) is 111 Å². The van der Waals surface area contributed by atoms with E-state index < -0.39 is 11.4 Å². The lowest BCUT2D eigenvalue weighted by Gasteiger charge is -2.25. The number of unbranched alkanes of at least 4 members (excludes halogenated alkanes) is 5. The lowest BCUT2D eigenvalue weighted by molar-refractivity contribution is -0.159. The van der Waals surface area contributed by atoms with Crippen molar-refractivity contribution in [3.63, 3.8) is 0 Å². The number of nitrogens with zero attached hydrogens (tertiary/aromatic N) is 1. The molecular weight excluding hydrogens is 370 g/mol. The van der Waals surface area contributed by atoms with E-state index in [0.29, 0.717) is 19.5 Å². The molecule has 0 aromatic rings. The third-order valence-corrected chi connectivity index (χ3v) is 4.98. The molecule has 1 unspecified atom stereocenters. The van der Waals surface area contributed by atoms with Gasteiger partial charge in [-0.3, -0.25) is 14.4 Å². The van der Waals surface area contributed by atoms with Gasteiger partial charge in [-0.25, -0.2) is 0 Å². The molecule has 0 rings (SSSR count). The predicted octanol–water partition coefficient (Wildman–Crippen LogP) is 5.19. The number of ether oxygens (including phenoxy) is 1. The zero-order valence-corrected chi connectivity index (χ0v) is 19.3. The molecule has 1 N–H and O–H groups in total. The van der Waals surface area contributed by atoms with Gasteiger partial charge in [0.15, 0.2) is 0 Å². The number of rotatable bonds is 16.